The van der Waals surface area contributed by atoms with Crippen molar-refractivity contribution in [2.45, 2.75) is 31.9 Å². The third-order valence-electron chi connectivity index (χ3n) is 2.80. The van der Waals surface area contributed by atoms with Crippen LogP contribution in [-0.4, -0.2) is 37.4 Å². The molecule has 6 heteroatoms. The Morgan fingerprint density at radius 3 is 2.94 bits per heavy atom. The molecule has 0 radical (unpaired) electrons. The number of aromatic carboxylic acids is 1. The Morgan fingerprint density at radius 2 is 2.31 bits per heavy atom. The number of carbonyl (C=O) groups is 1. The predicted octanol–water partition coefficient (Wildman–Crippen LogP) is -0.0567. The molecule has 2 rings (SSSR count). The summed E-state index contributed by atoms with van der Waals surface area (Å²) in [6.07, 6.45) is 1.51. The standard InChI is InChI=1S/C10H14N2O4/c13-5-4-7-11-9(10(15)16)6-2-1-3-8(14)12(6)7/h8,13-14H,1-5H2,(H,15,16). The van der Waals surface area contributed by atoms with Crippen molar-refractivity contribution < 1.29 is 20.1 Å². The van der Waals surface area contributed by atoms with Crippen LogP contribution in [0.2, 0.25) is 0 Å². The number of carboxylic acid groups (broad SMARTS) is 1. The van der Waals surface area contributed by atoms with Gasteiger partial charge in [0.2, 0.25) is 0 Å². The molecule has 3 N–H and O–H groups in total. The van der Waals surface area contributed by atoms with Gasteiger partial charge in [-0.1, -0.05) is 0 Å². The lowest BCUT2D eigenvalue weighted by Gasteiger charge is -2.22. The summed E-state index contributed by atoms with van der Waals surface area (Å²) in [5.41, 5.74) is 0.567. The van der Waals surface area contributed by atoms with E-state index in [4.69, 9.17) is 10.2 Å². The first kappa shape index (κ1) is 11.1. The molecule has 6 nitrogen and oxygen atoms in total. The first-order valence-electron chi connectivity index (χ1n) is 5.27. The van der Waals surface area contributed by atoms with E-state index >= 15 is 0 Å². The summed E-state index contributed by atoms with van der Waals surface area (Å²) >= 11 is 0. The topological polar surface area (TPSA) is 95.6 Å². The molecule has 0 aromatic carbocycles. The Hall–Kier alpha value is -1.40. The van der Waals surface area contributed by atoms with E-state index in [0.29, 0.717) is 24.4 Å². The molecule has 0 spiro atoms. The van der Waals surface area contributed by atoms with Crippen LogP contribution in [0.5, 0.6) is 0 Å². The second kappa shape index (κ2) is 4.23. The highest BCUT2D eigenvalue weighted by Gasteiger charge is 2.27. The highest BCUT2D eigenvalue weighted by atomic mass is 16.4. The van der Waals surface area contributed by atoms with Crippen molar-refractivity contribution in [3.8, 4) is 0 Å². The monoisotopic (exact) mass is 226 g/mol. The fourth-order valence-electron chi connectivity index (χ4n) is 2.14. The average molecular weight is 226 g/mol. The molecule has 1 aliphatic rings. The van der Waals surface area contributed by atoms with Gasteiger partial charge in [0.05, 0.1) is 12.3 Å². The van der Waals surface area contributed by atoms with Crippen LogP contribution in [0.4, 0.5) is 0 Å². The number of hydrogen-bond donors (Lipinski definition) is 3. The van der Waals surface area contributed by atoms with Crippen molar-refractivity contribution in [1.82, 2.24) is 9.55 Å². The van der Waals surface area contributed by atoms with Crippen LogP contribution in [0.3, 0.4) is 0 Å². The lowest BCUT2D eigenvalue weighted by atomic mass is 10.1. The molecular formula is C10H14N2O4. The lowest BCUT2D eigenvalue weighted by Crippen LogP contribution is -2.20. The van der Waals surface area contributed by atoms with Crippen molar-refractivity contribution in [2.24, 2.45) is 0 Å². The number of aliphatic hydroxyl groups excluding tert-OH is 2. The zero-order valence-electron chi connectivity index (χ0n) is 8.76. The van der Waals surface area contributed by atoms with Gasteiger partial charge in [-0.15, -0.1) is 0 Å². The molecule has 2 heterocycles. The second-order valence-electron chi connectivity index (χ2n) is 3.84. The highest BCUT2D eigenvalue weighted by Crippen LogP contribution is 2.27. The third-order valence-corrected chi connectivity index (χ3v) is 2.80. The van der Waals surface area contributed by atoms with Gasteiger partial charge in [-0.25, -0.2) is 9.78 Å². The second-order valence-corrected chi connectivity index (χ2v) is 3.84. The van der Waals surface area contributed by atoms with Gasteiger partial charge in [0, 0.05) is 6.42 Å². The molecule has 1 unspecified atom stereocenters. The predicted molar refractivity (Wildman–Crippen MR) is 54.2 cm³/mol. The van der Waals surface area contributed by atoms with Crippen molar-refractivity contribution in [1.29, 1.82) is 0 Å². The molecular weight excluding hydrogens is 212 g/mol. The number of fused-ring (bicyclic) bond motifs is 1. The number of imidazole rings is 1. The summed E-state index contributed by atoms with van der Waals surface area (Å²) in [4.78, 5) is 15.0. The van der Waals surface area contributed by atoms with Gasteiger partial charge in [0.1, 0.15) is 12.1 Å². The van der Waals surface area contributed by atoms with Crippen molar-refractivity contribution in [3.05, 3.63) is 17.2 Å². The normalized spacial score (nSPS) is 19.5. The molecule has 0 saturated heterocycles. The largest absolute Gasteiger partial charge is 0.476 e. The van der Waals surface area contributed by atoms with E-state index in [1.165, 1.54) is 0 Å². The van der Waals surface area contributed by atoms with Crippen molar-refractivity contribution in [3.63, 3.8) is 0 Å². The molecule has 16 heavy (non-hydrogen) atoms. The minimum Gasteiger partial charge on any atom is -0.476 e. The van der Waals surface area contributed by atoms with Crippen molar-refractivity contribution >= 4 is 5.97 Å². The van der Waals surface area contributed by atoms with Crippen LogP contribution in [0, 0.1) is 0 Å². The maximum Gasteiger partial charge on any atom is 0.356 e. The molecule has 0 saturated carbocycles. The smallest absolute Gasteiger partial charge is 0.356 e. The summed E-state index contributed by atoms with van der Waals surface area (Å²) in [6, 6.07) is 0. The molecule has 0 bridgehead atoms. The van der Waals surface area contributed by atoms with Gasteiger partial charge in [-0.3, -0.25) is 0 Å². The number of aromatic nitrogens is 2. The Labute approximate surface area is 92.2 Å². The first-order chi connectivity index (χ1) is 7.65. The van der Waals surface area contributed by atoms with Gasteiger partial charge in [0.25, 0.3) is 0 Å². The fourth-order valence-corrected chi connectivity index (χ4v) is 2.14. The van der Waals surface area contributed by atoms with Gasteiger partial charge < -0.3 is 19.9 Å². The van der Waals surface area contributed by atoms with Crippen LogP contribution in [-0.2, 0) is 12.8 Å². The summed E-state index contributed by atoms with van der Waals surface area (Å²) in [7, 11) is 0. The Bertz CT molecular complexity index is 413. The third kappa shape index (κ3) is 1.70. The maximum atomic E-state index is 11.0. The molecule has 0 aliphatic carbocycles. The van der Waals surface area contributed by atoms with E-state index in [0.717, 1.165) is 6.42 Å². The first-order valence-corrected chi connectivity index (χ1v) is 5.27. The van der Waals surface area contributed by atoms with E-state index in [1.54, 1.807) is 4.57 Å². The summed E-state index contributed by atoms with van der Waals surface area (Å²) in [5, 5.41) is 27.7. The molecule has 1 aliphatic heterocycles. The molecule has 1 atom stereocenters. The number of nitrogens with zero attached hydrogens (tertiary/aromatic N) is 2. The van der Waals surface area contributed by atoms with Crippen LogP contribution < -0.4 is 0 Å². The average Bonchev–Trinajstić information content (AvgIpc) is 2.59. The van der Waals surface area contributed by atoms with Crippen LogP contribution in [0.25, 0.3) is 0 Å². The molecule has 1 aromatic heterocycles. The van der Waals surface area contributed by atoms with E-state index in [-0.39, 0.29) is 18.7 Å². The Kier molecular flexibility index (Phi) is 2.93. The minimum absolute atomic E-state index is 0.00204. The number of hydrogen-bond acceptors (Lipinski definition) is 4. The summed E-state index contributed by atoms with van der Waals surface area (Å²) in [5.74, 6) is -0.635. The number of rotatable bonds is 3. The van der Waals surface area contributed by atoms with Gasteiger partial charge in [-0.05, 0) is 19.3 Å². The molecule has 88 valence electrons. The summed E-state index contributed by atoms with van der Waals surface area (Å²) < 4.78 is 1.54. The van der Waals surface area contributed by atoms with Crippen LogP contribution in [0.1, 0.15) is 41.1 Å². The van der Waals surface area contributed by atoms with Crippen molar-refractivity contribution in [2.75, 3.05) is 6.61 Å². The maximum absolute atomic E-state index is 11.0. The molecule has 0 amide bonds. The van der Waals surface area contributed by atoms with Crippen LogP contribution in [0.15, 0.2) is 0 Å². The SMILES string of the molecule is O=C(O)c1nc(CCO)n2c1CCCC2O. The molecule has 0 fully saturated rings. The van der Waals surface area contributed by atoms with E-state index in [2.05, 4.69) is 4.98 Å². The molecule has 1 aromatic rings. The lowest BCUT2D eigenvalue weighted by molar-refractivity contribution is 0.0674. The highest BCUT2D eigenvalue weighted by molar-refractivity contribution is 5.87. The van der Waals surface area contributed by atoms with E-state index < -0.39 is 12.2 Å². The Balaban J connectivity index is 2.51. The zero-order valence-corrected chi connectivity index (χ0v) is 8.76. The fraction of sp³-hybridized carbons (Fsp3) is 0.600. The number of carboxylic acids is 1. The van der Waals surface area contributed by atoms with E-state index in [9.17, 15) is 9.90 Å². The van der Waals surface area contributed by atoms with E-state index in [1.807, 2.05) is 0 Å². The van der Waals surface area contributed by atoms with Gasteiger partial charge in [-0.2, -0.15) is 0 Å². The Morgan fingerprint density at radius 1 is 1.56 bits per heavy atom. The quantitative estimate of drug-likeness (QED) is 0.671. The van der Waals surface area contributed by atoms with Gasteiger partial charge in [0.15, 0.2) is 5.69 Å². The van der Waals surface area contributed by atoms with Gasteiger partial charge >= 0.3 is 5.97 Å². The zero-order chi connectivity index (χ0) is 11.7. The number of aliphatic hydroxyl groups is 2. The minimum atomic E-state index is -1.08. The summed E-state index contributed by atoms with van der Waals surface area (Å²) in [6.45, 7) is -0.109. The van der Waals surface area contributed by atoms with Crippen LogP contribution >= 0.6 is 0 Å².